The van der Waals surface area contributed by atoms with Gasteiger partial charge in [0.2, 0.25) is 0 Å². The van der Waals surface area contributed by atoms with E-state index in [0.29, 0.717) is 0 Å². The SMILES string of the molecule is C.C1=CC=CCC=C1.CCC. The van der Waals surface area contributed by atoms with Crippen LogP contribution < -0.4 is 0 Å². The van der Waals surface area contributed by atoms with Gasteiger partial charge in [0.1, 0.15) is 0 Å². The summed E-state index contributed by atoms with van der Waals surface area (Å²) in [5.41, 5.74) is 0. The fourth-order valence-corrected chi connectivity index (χ4v) is 0.521. The summed E-state index contributed by atoms with van der Waals surface area (Å²) in [7, 11) is 0. The van der Waals surface area contributed by atoms with Crippen LogP contribution in [0.1, 0.15) is 34.1 Å². The van der Waals surface area contributed by atoms with Crippen LogP contribution in [-0.4, -0.2) is 0 Å². The highest BCUT2D eigenvalue weighted by Crippen LogP contribution is 1.91. The van der Waals surface area contributed by atoms with Crippen molar-refractivity contribution in [3.63, 3.8) is 0 Å². The highest BCUT2D eigenvalue weighted by Gasteiger charge is 1.70. The Kier molecular flexibility index (Phi) is 14.0. The van der Waals surface area contributed by atoms with Crippen LogP contribution in [0, 0.1) is 0 Å². The lowest BCUT2D eigenvalue weighted by Crippen LogP contribution is -1.48. The highest BCUT2D eigenvalue weighted by atomic mass is 13.8. The second kappa shape index (κ2) is 12.0. The van der Waals surface area contributed by atoms with Crippen LogP contribution >= 0.6 is 0 Å². The minimum Gasteiger partial charge on any atom is -0.0807 e. The number of hydrogen-bond acceptors (Lipinski definition) is 0. The lowest BCUT2D eigenvalue weighted by Gasteiger charge is -1.69. The Morgan fingerprint density at radius 1 is 0.909 bits per heavy atom. The summed E-state index contributed by atoms with van der Waals surface area (Å²) in [6, 6.07) is 0. The summed E-state index contributed by atoms with van der Waals surface area (Å²) in [5, 5.41) is 0. The van der Waals surface area contributed by atoms with Crippen molar-refractivity contribution in [1.82, 2.24) is 0 Å². The van der Waals surface area contributed by atoms with Crippen molar-refractivity contribution in [3.05, 3.63) is 36.5 Å². The minimum atomic E-state index is 0. The van der Waals surface area contributed by atoms with E-state index in [1.807, 2.05) is 12.2 Å². The summed E-state index contributed by atoms with van der Waals surface area (Å²) < 4.78 is 0. The fourth-order valence-electron chi connectivity index (χ4n) is 0.521. The molecule has 0 amide bonds. The van der Waals surface area contributed by atoms with Crippen LogP contribution in [0.15, 0.2) is 36.5 Å². The summed E-state index contributed by atoms with van der Waals surface area (Å²) in [5.74, 6) is 0. The maximum Gasteiger partial charge on any atom is -0.0163 e. The van der Waals surface area contributed by atoms with Crippen molar-refractivity contribution < 1.29 is 0 Å². The molecule has 1 rings (SSSR count). The second-order valence-corrected chi connectivity index (χ2v) is 2.18. The van der Waals surface area contributed by atoms with Crippen LogP contribution in [0.3, 0.4) is 0 Å². The van der Waals surface area contributed by atoms with Gasteiger partial charge in [-0.05, 0) is 6.42 Å². The number of hydrogen-bond donors (Lipinski definition) is 0. The van der Waals surface area contributed by atoms with E-state index >= 15 is 0 Å². The third-order valence-corrected chi connectivity index (χ3v) is 0.878. The molecule has 64 valence electrons. The van der Waals surface area contributed by atoms with Crippen molar-refractivity contribution in [2.24, 2.45) is 0 Å². The first-order chi connectivity index (χ1) is 4.91. The van der Waals surface area contributed by atoms with Crippen molar-refractivity contribution >= 4 is 0 Å². The van der Waals surface area contributed by atoms with E-state index in [4.69, 9.17) is 0 Å². The molecule has 1 aliphatic rings. The zero-order valence-electron chi connectivity index (χ0n) is 6.88. The molecule has 1 aliphatic carbocycles. The van der Waals surface area contributed by atoms with Gasteiger partial charge in [0, 0.05) is 0 Å². The molecule has 0 heterocycles. The summed E-state index contributed by atoms with van der Waals surface area (Å²) in [6.45, 7) is 4.25. The quantitative estimate of drug-likeness (QED) is 0.490. The topological polar surface area (TPSA) is 0 Å². The predicted octanol–water partition coefficient (Wildman–Crippen LogP) is 4.11. The van der Waals surface area contributed by atoms with E-state index in [-0.39, 0.29) is 7.43 Å². The molecule has 0 unspecified atom stereocenters. The molecule has 0 atom stereocenters. The van der Waals surface area contributed by atoms with Crippen molar-refractivity contribution in [2.75, 3.05) is 0 Å². The fraction of sp³-hybridized carbons (Fsp3) is 0.455. The van der Waals surface area contributed by atoms with Gasteiger partial charge in [-0.25, -0.2) is 0 Å². The first kappa shape index (κ1) is 12.9. The van der Waals surface area contributed by atoms with Gasteiger partial charge in [-0.15, -0.1) is 0 Å². The first-order valence-electron chi connectivity index (χ1n) is 3.90. The Labute approximate surface area is 71.3 Å². The number of allylic oxidation sites excluding steroid dienone is 6. The van der Waals surface area contributed by atoms with Gasteiger partial charge < -0.3 is 0 Å². The molecule has 0 N–H and O–H groups in total. The zero-order chi connectivity index (χ0) is 7.66. The van der Waals surface area contributed by atoms with E-state index in [2.05, 4.69) is 38.2 Å². The third kappa shape index (κ3) is 12.4. The van der Waals surface area contributed by atoms with Crippen LogP contribution in [0.25, 0.3) is 0 Å². The van der Waals surface area contributed by atoms with E-state index < -0.39 is 0 Å². The maximum absolute atomic E-state index is 2.12. The van der Waals surface area contributed by atoms with Gasteiger partial charge in [0.15, 0.2) is 0 Å². The van der Waals surface area contributed by atoms with Gasteiger partial charge >= 0.3 is 0 Å². The Bertz CT molecular complexity index is 113. The Balaban J connectivity index is 0. The van der Waals surface area contributed by atoms with Crippen LogP contribution in [0.4, 0.5) is 0 Å². The van der Waals surface area contributed by atoms with Crippen LogP contribution in [-0.2, 0) is 0 Å². The molecule has 0 aromatic rings. The zero-order valence-corrected chi connectivity index (χ0v) is 6.88. The van der Waals surface area contributed by atoms with Crippen LogP contribution in [0.5, 0.6) is 0 Å². The smallest absolute Gasteiger partial charge is 0.0163 e. The standard InChI is InChI=1S/C7H8.C3H8.CH4/c1-2-4-6-7-5-3-1;1-3-2;/h1-6H,7H2;3H2,1-2H3;1H4. The monoisotopic (exact) mass is 152 g/mol. The summed E-state index contributed by atoms with van der Waals surface area (Å²) in [4.78, 5) is 0. The van der Waals surface area contributed by atoms with Gasteiger partial charge in [-0.2, -0.15) is 0 Å². The molecule has 0 aromatic heterocycles. The molecule has 0 radical (unpaired) electrons. The van der Waals surface area contributed by atoms with Gasteiger partial charge in [-0.1, -0.05) is 64.2 Å². The van der Waals surface area contributed by atoms with Crippen molar-refractivity contribution in [1.29, 1.82) is 0 Å². The molecule has 0 heteroatoms. The Morgan fingerprint density at radius 2 is 1.27 bits per heavy atom. The molecule has 0 spiro atoms. The molecule has 0 nitrogen and oxygen atoms in total. The van der Waals surface area contributed by atoms with Crippen molar-refractivity contribution in [3.8, 4) is 0 Å². The maximum atomic E-state index is 2.12. The largest absolute Gasteiger partial charge is 0.0807 e. The predicted molar refractivity (Wildman–Crippen MR) is 54.7 cm³/mol. The molecule has 0 saturated carbocycles. The molecular weight excluding hydrogens is 132 g/mol. The molecule has 0 fully saturated rings. The molecule has 0 aromatic carbocycles. The van der Waals surface area contributed by atoms with Crippen molar-refractivity contribution in [2.45, 2.75) is 34.1 Å². The van der Waals surface area contributed by atoms with Gasteiger partial charge in [0.25, 0.3) is 0 Å². The molecule has 11 heavy (non-hydrogen) atoms. The highest BCUT2D eigenvalue weighted by molar-refractivity contribution is 5.16. The summed E-state index contributed by atoms with van der Waals surface area (Å²) in [6.07, 6.45) is 14.8. The average Bonchev–Trinajstić information content (AvgIpc) is 2.17. The lowest BCUT2D eigenvalue weighted by molar-refractivity contribution is 1.09. The second-order valence-electron chi connectivity index (χ2n) is 2.18. The lowest BCUT2D eigenvalue weighted by atomic mass is 10.4. The average molecular weight is 152 g/mol. The first-order valence-corrected chi connectivity index (χ1v) is 3.90. The Morgan fingerprint density at radius 3 is 1.64 bits per heavy atom. The van der Waals surface area contributed by atoms with E-state index in [1.165, 1.54) is 6.42 Å². The molecule has 0 bridgehead atoms. The van der Waals surface area contributed by atoms with Gasteiger partial charge in [-0.3, -0.25) is 0 Å². The van der Waals surface area contributed by atoms with E-state index in [1.54, 1.807) is 0 Å². The molecule has 0 saturated heterocycles. The molecule has 0 aliphatic heterocycles. The minimum absolute atomic E-state index is 0. The van der Waals surface area contributed by atoms with E-state index in [0.717, 1.165) is 6.42 Å². The number of rotatable bonds is 0. The van der Waals surface area contributed by atoms with E-state index in [9.17, 15) is 0 Å². The van der Waals surface area contributed by atoms with Gasteiger partial charge in [0.05, 0.1) is 0 Å². The Hall–Kier alpha value is -0.780. The third-order valence-electron chi connectivity index (χ3n) is 0.878. The summed E-state index contributed by atoms with van der Waals surface area (Å²) >= 11 is 0. The normalized spacial score (nSPS) is 12.5. The molecular formula is C11H20. The van der Waals surface area contributed by atoms with Crippen LogP contribution in [0.2, 0.25) is 0 Å².